The molecule has 0 aromatic heterocycles. The second-order valence-electron chi connectivity index (χ2n) is 8.74. The maximum Gasteiger partial charge on any atom is 0.156 e. The van der Waals surface area contributed by atoms with E-state index in [0.29, 0.717) is 18.8 Å². The highest BCUT2D eigenvalue weighted by molar-refractivity contribution is 5.95. The Morgan fingerprint density at radius 3 is 2.57 bits per heavy atom. The first-order chi connectivity index (χ1) is 10.6. The third-order valence-corrected chi connectivity index (χ3v) is 7.77. The Kier molecular flexibility index (Phi) is 3.70. The standard InChI is InChI=1S/C20H30O3/c1-6-18(4)11-16(22)19(5)12(2)7-8-20(13(3)17(18)23)10-14(21)9-15(19)20/h6,9,12-13,16-17,22-23H,1,7-8,10-11H2,2-5H3/t12-,13-,16+,17-,18+,19-,20-/m0/s1. The molecule has 2 N–H and O–H groups in total. The van der Waals surface area contributed by atoms with E-state index in [-0.39, 0.29) is 17.1 Å². The van der Waals surface area contributed by atoms with E-state index in [1.807, 2.05) is 6.92 Å². The summed E-state index contributed by atoms with van der Waals surface area (Å²) < 4.78 is 0. The molecule has 0 aliphatic heterocycles. The lowest BCUT2D eigenvalue weighted by molar-refractivity contribution is -0.127. The first-order valence-corrected chi connectivity index (χ1v) is 8.87. The van der Waals surface area contributed by atoms with E-state index < -0.39 is 23.0 Å². The van der Waals surface area contributed by atoms with Crippen molar-refractivity contribution in [2.45, 2.75) is 65.6 Å². The Bertz CT molecular complexity index is 579. The van der Waals surface area contributed by atoms with Crippen LogP contribution in [-0.4, -0.2) is 28.2 Å². The lowest BCUT2D eigenvalue weighted by atomic mass is 9.46. The smallest absolute Gasteiger partial charge is 0.156 e. The van der Waals surface area contributed by atoms with Crippen LogP contribution in [0.5, 0.6) is 0 Å². The Morgan fingerprint density at radius 2 is 1.96 bits per heavy atom. The minimum atomic E-state index is -0.609. The molecule has 2 saturated carbocycles. The Morgan fingerprint density at radius 1 is 1.30 bits per heavy atom. The summed E-state index contributed by atoms with van der Waals surface area (Å²) in [5.74, 6) is 0.440. The maximum absolute atomic E-state index is 12.4. The molecule has 23 heavy (non-hydrogen) atoms. The molecule has 3 heteroatoms. The zero-order chi connectivity index (χ0) is 17.2. The third kappa shape index (κ3) is 1.99. The molecule has 0 amide bonds. The Balaban J connectivity index is 2.23. The second kappa shape index (κ2) is 5.03. The number of hydrogen-bond donors (Lipinski definition) is 2. The number of hydrogen-bond acceptors (Lipinski definition) is 3. The minimum Gasteiger partial charge on any atom is -0.392 e. The molecule has 0 spiro atoms. The average Bonchev–Trinajstić information content (AvgIpc) is 2.87. The van der Waals surface area contributed by atoms with Gasteiger partial charge in [0.25, 0.3) is 0 Å². The van der Waals surface area contributed by atoms with Crippen LogP contribution < -0.4 is 0 Å². The van der Waals surface area contributed by atoms with E-state index in [1.165, 1.54) is 0 Å². The van der Waals surface area contributed by atoms with Crippen molar-refractivity contribution in [1.82, 2.24) is 0 Å². The van der Waals surface area contributed by atoms with E-state index >= 15 is 0 Å². The molecular formula is C20H30O3. The van der Waals surface area contributed by atoms with Gasteiger partial charge in [0.05, 0.1) is 12.2 Å². The van der Waals surface area contributed by atoms with E-state index in [2.05, 4.69) is 27.4 Å². The summed E-state index contributed by atoms with van der Waals surface area (Å²) in [6.45, 7) is 12.3. The van der Waals surface area contributed by atoms with Crippen LogP contribution in [0.25, 0.3) is 0 Å². The van der Waals surface area contributed by atoms with Gasteiger partial charge in [-0.05, 0) is 37.2 Å². The second-order valence-corrected chi connectivity index (χ2v) is 8.74. The van der Waals surface area contributed by atoms with Crippen molar-refractivity contribution in [2.75, 3.05) is 0 Å². The van der Waals surface area contributed by atoms with Gasteiger partial charge in [-0.15, -0.1) is 6.58 Å². The fourth-order valence-electron chi connectivity index (χ4n) is 5.68. The molecule has 0 unspecified atom stereocenters. The highest BCUT2D eigenvalue weighted by Crippen LogP contribution is 2.65. The van der Waals surface area contributed by atoms with Crippen molar-refractivity contribution in [3.63, 3.8) is 0 Å². The number of carbonyl (C=O) groups is 1. The molecule has 0 heterocycles. The molecule has 3 aliphatic rings. The van der Waals surface area contributed by atoms with Crippen LogP contribution in [-0.2, 0) is 4.79 Å². The van der Waals surface area contributed by atoms with Gasteiger partial charge < -0.3 is 10.2 Å². The summed E-state index contributed by atoms with van der Waals surface area (Å²) >= 11 is 0. The van der Waals surface area contributed by atoms with Crippen molar-refractivity contribution >= 4 is 5.78 Å². The number of aliphatic hydroxyl groups is 2. The highest BCUT2D eigenvalue weighted by atomic mass is 16.3. The molecule has 128 valence electrons. The minimum absolute atomic E-state index is 0.0254. The molecule has 7 atom stereocenters. The summed E-state index contributed by atoms with van der Waals surface area (Å²) in [5.41, 5.74) is -0.146. The van der Waals surface area contributed by atoms with Gasteiger partial charge in [0.1, 0.15) is 0 Å². The van der Waals surface area contributed by atoms with E-state index in [0.717, 1.165) is 18.4 Å². The quantitative estimate of drug-likeness (QED) is 0.730. The predicted molar refractivity (Wildman–Crippen MR) is 90.7 cm³/mol. The molecule has 0 aromatic carbocycles. The van der Waals surface area contributed by atoms with Gasteiger partial charge in [-0.1, -0.05) is 39.3 Å². The van der Waals surface area contributed by atoms with Gasteiger partial charge >= 0.3 is 0 Å². The molecule has 3 aliphatic carbocycles. The summed E-state index contributed by atoms with van der Waals surface area (Å²) in [6, 6.07) is 0. The zero-order valence-electron chi connectivity index (χ0n) is 14.8. The molecule has 2 bridgehead atoms. The van der Waals surface area contributed by atoms with E-state index in [1.54, 1.807) is 12.2 Å². The molecule has 0 saturated heterocycles. The summed E-state index contributed by atoms with van der Waals surface area (Å²) in [4.78, 5) is 12.4. The first kappa shape index (κ1) is 16.9. The van der Waals surface area contributed by atoms with Gasteiger partial charge in [-0.3, -0.25) is 4.79 Å². The Labute approximate surface area is 139 Å². The number of aliphatic hydroxyl groups excluding tert-OH is 2. The van der Waals surface area contributed by atoms with Crippen molar-refractivity contribution in [3.05, 3.63) is 24.3 Å². The zero-order valence-corrected chi connectivity index (χ0v) is 14.8. The molecular weight excluding hydrogens is 288 g/mol. The van der Waals surface area contributed by atoms with Crippen LogP contribution in [0.1, 0.15) is 53.4 Å². The van der Waals surface area contributed by atoms with Gasteiger partial charge in [0.15, 0.2) is 5.78 Å². The fourth-order valence-corrected chi connectivity index (χ4v) is 5.68. The SMILES string of the molecule is C=C[C@]1(C)C[C@@H](O)[C@]2(C)C3=CC(=O)C[C@@]3(CC[C@@H]2C)[C@@H](C)[C@@H]1O. The van der Waals surface area contributed by atoms with Gasteiger partial charge in [-0.2, -0.15) is 0 Å². The predicted octanol–water partition coefficient (Wildman–Crippen LogP) is 3.26. The molecule has 3 rings (SSSR count). The van der Waals surface area contributed by atoms with Crippen LogP contribution in [0.15, 0.2) is 24.3 Å². The molecule has 0 radical (unpaired) electrons. The normalized spacial score (nSPS) is 53.1. The molecule has 0 aromatic rings. The van der Waals surface area contributed by atoms with E-state index in [4.69, 9.17) is 0 Å². The lowest BCUT2D eigenvalue weighted by Gasteiger charge is -2.59. The van der Waals surface area contributed by atoms with Crippen molar-refractivity contribution < 1.29 is 15.0 Å². The summed E-state index contributed by atoms with van der Waals surface area (Å²) in [7, 11) is 0. The summed E-state index contributed by atoms with van der Waals surface area (Å²) in [6.07, 6.45) is 5.25. The lowest BCUT2D eigenvalue weighted by Crippen LogP contribution is -2.58. The molecule has 2 fully saturated rings. The van der Waals surface area contributed by atoms with Gasteiger partial charge in [-0.25, -0.2) is 0 Å². The third-order valence-electron chi connectivity index (χ3n) is 7.77. The van der Waals surface area contributed by atoms with Crippen LogP contribution in [0.3, 0.4) is 0 Å². The van der Waals surface area contributed by atoms with E-state index in [9.17, 15) is 15.0 Å². The number of rotatable bonds is 1. The number of allylic oxidation sites excluding steroid dienone is 1. The topological polar surface area (TPSA) is 57.5 Å². The monoisotopic (exact) mass is 318 g/mol. The first-order valence-electron chi connectivity index (χ1n) is 8.87. The fraction of sp³-hybridized carbons (Fsp3) is 0.750. The molecule has 3 nitrogen and oxygen atoms in total. The highest BCUT2D eigenvalue weighted by Gasteiger charge is 2.62. The average molecular weight is 318 g/mol. The largest absolute Gasteiger partial charge is 0.392 e. The van der Waals surface area contributed by atoms with Crippen LogP contribution in [0.2, 0.25) is 0 Å². The van der Waals surface area contributed by atoms with Crippen molar-refractivity contribution in [2.24, 2.45) is 28.1 Å². The van der Waals surface area contributed by atoms with Crippen LogP contribution >= 0.6 is 0 Å². The van der Waals surface area contributed by atoms with Gasteiger partial charge in [0.2, 0.25) is 0 Å². The van der Waals surface area contributed by atoms with Crippen LogP contribution in [0.4, 0.5) is 0 Å². The summed E-state index contributed by atoms with van der Waals surface area (Å²) in [5, 5.41) is 22.2. The van der Waals surface area contributed by atoms with Crippen molar-refractivity contribution in [3.8, 4) is 0 Å². The Hall–Kier alpha value is -0.930. The maximum atomic E-state index is 12.4. The van der Waals surface area contributed by atoms with Crippen molar-refractivity contribution in [1.29, 1.82) is 0 Å². The number of ketones is 1. The van der Waals surface area contributed by atoms with Gasteiger partial charge in [0, 0.05) is 22.7 Å². The van der Waals surface area contributed by atoms with Crippen LogP contribution in [0, 0.1) is 28.1 Å². The number of carbonyl (C=O) groups excluding carboxylic acids is 1.